The highest BCUT2D eigenvalue weighted by Crippen LogP contribution is 2.39. The summed E-state index contributed by atoms with van der Waals surface area (Å²) in [5, 5.41) is 0. The molecule has 0 saturated heterocycles. The number of halogens is 1. The smallest absolute Gasteiger partial charge is 0.254 e. The minimum atomic E-state index is -0.368. The van der Waals surface area contributed by atoms with E-state index in [0.717, 1.165) is 16.9 Å². The van der Waals surface area contributed by atoms with Gasteiger partial charge in [-0.2, -0.15) is 0 Å². The van der Waals surface area contributed by atoms with Crippen LogP contribution in [0.3, 0.4) is 0 Å². The third-order valence-electron chi connectivity index (χ3n) is 5.90. The van der Waals surface area contributed by atoms with Crippen molar-refractivity contribution < 1.29 is 28.1 Å². The quantitative estimate of drug-likeness (QED) is 0.466. The molecule has 4 rings (SSSR count). The molecule has 0 fully saturated rings. The molecule has 3 aromatic carbocycles. The van der Waals surface area contributed by atoms with E-state index in [2.05, 4.69) is 0 Å². The Hall–Kier alpha value is -3.74. The predicted octanol–water partition coefficient (Wildman–Crippen LogP) is 5.06. The van der Waals surface area contributed by atoms with E-state index in [-0.39, 0.29) is 24.4 Å². The first-order chi connectivity index (χ1) is 16.5. The SMILES string of the molecule is CCOc1ccc(C(=O)N2CCc3cc(OC)c(OC)cc3[C@H]2COc2ccc(F)cc2)cc1. The van der Waals surface area contributed by atoms with Crippen molar-refractivity contribution in [3.8, 4) is 23.0 Å². The summed E-state index contributed by atoms with van der Waals surface area (Å²) in [6.07, 6.45) is 0.672. The lowest BCUT2D eigenvalue weighted by molar-refractivity contribution is 0.0589. The van der Waals surface area contributed by atoms with Crippen LogP contribution in [0.5, 0.6) is 23.0 Å². The highest BCUT2D eigenvalue weighted by Gasteiger charge is 2.33. The molecule has 1 aliphatic rings. The highest BCUT2D eigenvalue weighted by atomic mass is 19.1. The summed E-state index contributed by atoms with van der Waals surface area (Å²) < 4.78 is 35.8. The van der Waals surface area contributed by atoms with Crippen LogP contribution >= 0.6 is 0 Å². The molecule has 3 aromatic rings. The van der Waals surface area contributed by atoms with Gasteiger partial charge in [0.15, 0.2) is 11.5 Å². The van der Waals surface area contributed by atoms with Gasteiger partial charge in [-0.1, -0.05) is 0 Å². The van der Waals surface area contributed by atoms with Crippen molar-refractivity contribution in [2.45, 2.75) is 19.4 Å². The number of hydrogen-bond donors (Lipinski definition) is 0. The lowest BCUT2D eigenvalue weighted by atomic mass is 9.91. The number of carbonyl (C=O) groups is 1. The molecule has 0 saturated carbocycles. The molecular weight excluding hydrogens is 437 g/mol. The van der Waals surface area contributed by atoms with Gasteiger partial charge in [0, 0.05) is 12.1 Å². The van der Waals surface area contributed by atoms with Gasteiger partial charge in [-0.15, -0.1) is 0 Å². The second-order valence-electron chi connectivity index (χ2n) is 7.89. The molecule has 0 unspecified atom stereocenters. The van der Waals surface area contributed by atoms with Crippen molar-refractivity contribution in [2.24, 2.45) is 0 Å². The van der Waals surface area contributed by atoms with Gasteiger partial charge < -0.3 is 23.8 Å². The molecule has 1 aliphatic heterocycles. The van der Waals surface area contributed by atoms with Crippen molar-refractivity contribution in [1.82, 2.24) is 4.90 Å². The van der Waals surface area contributed by atoms with Crippen LogP contribution < -0.4 is 18.9 Å². The lowest BCUT2D eigenvalue weighted by Crippen LogP contribution is -2.42. The van der Waals surface area contributed by atoms with Gasteiger partial charge in [0.05, 0.1) is 26.9 Å². The third kappa shape index (κ3) is 4.93. The average Bonchev–Trinajstić information content (AvgIpc) is 2.87. The maximum atomic E-state index is 13.5. The van der Waals surface area contributed by atoms with Gasteiger partial charge in [0.2, 0.25) is 0 Å². The minimum Gasteiger partial charge on any atom is -0.494 e. The third-order valence-corrected chi connectivity index (χ3v) is 5.90. The fourth-order valence-corrected chi connectivity index (χ4v) is 4.18. The number of amides is 1. The normalized spacial score (nSPS) is 14.8. The molecule has 0 aromatic heterocycles. The summed E-state index contributed by atoms with van der Waals surface area (Å²) in [7, 11) is 3.18. The molecule has 6 nitrogen and oxygen atoms in total. The molecule has 34 heavy (non-hydrogen) atoms. The molecular formula is C27H28FNO5. The van der Waals surface area contributed by atoms with Crippen molar-refractivity contribution in [3.63, 3.8) is 0 Å². The van der Waals surface area contributed by atoms with Gasteiger partial charge in [-0.05, 0) is 85.1 Å². The molecule has 1 heterocycles. The van der Waals surface area contributed by atoms with Crippen molar-refractivity contribution in [3.05, 3.63) is 83.2 Å². The Labute approximate surface area is 198 Å². The van der Waals surface area contributed by atoms with Crippen LogP contribution in [0, 0.1) is 5.82 Å². The summed E-state index contributed by atoms with van der Waals surface area (Å²) in [4.78, 5) is 15.4. The molecule has 1 amide bonds. The standard InChI is InChI=1S/C27H28FNO5/c1-4-33-21-9-5-18(6-10-21)27(30)29-14-13-19-15-25(31-2)26(32-3)16-23(19)24(29)17-34-22-11-7-20(28)8-12-22/h5-12,15-16,24H,4,13-14,17H2,1-3H3/t24-/m1/s1. The molecule has 0 radical (unpaired) electrons. The fraction of sp³-hybridized carbons (Fsp3) is 0.296. The van der Waals surface area contributed by atoms with Crippen molar-refractivity contribution >= 4 is 5.91 Å². The number of nitrogens with zero attached hydrogens (tertiary/aromatic N) is 1. The molecule has 7 heteroatoms. The zero-order valence-electron chi connectivity index (χ0n) is 19.5. The summed E-state index contributed by atoms with van der Waals surface area (Å²) in [6, 6.07) is 16.5. The molecule has 1 atom stereocenters. The number of rotatable bonds is 8. The topological polar surface area (TPSA) is 57.2 Å². The molecule has 178 valence electrons. The maximum absolute atomic E-state index is 13.5. The van der Waals surface area contributed by atoms with Gasteiger partial charge in [0.25, 0.3) is 5.91 Å². The summed E-state index contributed by atoms with van der Waals surface area (Å²) >= 11 is 0. The first kappa shape index (κ1) is 23.4. The Morgan fingerprint density at radius 2 is 1.56 bits per heavy atom. The lowest BCUT2D eigenvalue weighted by Gasteiger charge is -2.37. The van der Waals surface area contributed by atoms with E-state index in [0.29, 0.717) is 42.4 Å². The maximum Gasteiger partial charge on any atom is 0.254 e. The van der Waals surface area contributed by atoms with Gasteiger partial charge in [0.1, 0.15) is 23.9 Å². The number of fused-ring (bicyclic) bond motifs is 1. The Morgan fingerprint density at radius 1 is 0.941 bits per heavy atom. The molecule has 0 spiro atoms. The van der Waals surface area contributed by atoms with Crippen LogP contribution in [-0.2, 0) is 6.42 Å². The number of carbonyl (C=O) groups excluding carboxylic acids is 1. The molecule has 0 bridgehead atoms. The van der Waals surface area contributed by atoms with Gasteiger partial charge in [-0.25, -0.2) is 4.39 Å². The van der Waals surface area contributed by atoms with Crippen molar-refractivity contribution in [2.75, 3.05) is 34.0 Å². The molecule has 0 aliphatic carbocycles. The summed E-state index contributed by atoms with van der Waals surface area (Å²) in [5.41, 5.74) is 2.57. The first-order valence-electron chi connectivity index (χ1n) is 11.2. The average molecular weight is 466 g/mol. The van der Waals surface area contributed by atoms with E-state index in [1.165, 1.54) is 12.1 Å². The Bertz CT molecular complexity index is 1130. The fourth-order valence-electron chi connectivity index (χ4n) is 4.18. The highest BCUT2D eigenvalue weighted by molar-refractivity contribution is 5.95. The molecule has 0 N–H and O–H groups in total. The zero-order valence-corrected chi connectivity index (χ0v) is 19.5. The monoisotopic (exact) mass is 465 g/mol. The van der Waals surface area contributed by atoms with Crippen LogP contribution in [0.2, 0.25) is 0 Å². The van der Waals surface area contributed by atoms with E-state index in [4.69, 9.17) is 18.9 Å². The number of hydrogen-bond acceptors (Lipinski definition) is 5. The largest absolute Gasteiger partial charge is 0.494 e. The summed E-state index contributed by atoms with van der Waals surface area (Å²) in [5.74, 6) is 2.04. The Balaban J connectivity index is 1.66. The Morgan fingerprint density at radius 3 is 2.21 bits per heavy atom. The van der Waals surface area contributed by atoms with E-state index in [9.17, 15) is 9.18 Å². The van der Waals surface area contributed by atoms with Gasteiger partial charge in [-0.3, -0.25) is 4.79 Å². The summed E-state index contributed by atoms with van der Waals surface area (Å²) in [6.45, 7) is 3.20. The van der Waals surface area contributed by atoms with Crippen LogP contribution in [0.25, 0.3) is 0 Å². The van der Waals surface area contributed by atoms with Crippen LogP contribution in [0.1, 0.15) is 34.5 Å². The number of ether oxygens (including phenoxy) is 4. The number of methoxy groups -OCH3 is 2. The van der Waals surface area contributed by atoms with Crippen molar-refractivity contribution in [1.29, 1.82) is 0 Å². The van der Waals surface area contributed by atoms with Crippen LogP contribution in [0.15, 0.2) is 60.7 Å². The minimum absolute atomic E-state index is 0.101. The second kappa shape index (κ2) is 10.5. The second-order valence-corrected chi connectivity index (χ2v) is 7.89. The number of benzene rings is 3. The van der Waals surface area contributed by atoms with E-state index in [1.807, 2.05) is 24.0 Å². The zero-order chi connectivity index (χ0) is 24.1. The first-order valence-corrected chi connectivity index (χ1v) is 11.2. The van der Waals surface area contributed by atoms with E-state index < -0.39 is 0 Å². The van der Waals surface area contributed by atoms with Crippen LogP contribution in [0.4, 0.5) is 4.39 Å². The van der Waals surface area contributed by atoms with E-state index >= 15 is 0 Å². The Kier molecular flexibility index (Phi) is 7.21. The van der Waals surface area contributed by atoms with Crippen LogP contribution in [-0.4, -0.2) is 44.8 Å². The van der Waals surface area contributed by atoms with Gasteiger partial charge >= 0.3 is 0 Å². The van der Waals surface area contributed by atoms with E-state index in [1.54, 1.807) is 50.6 Å². The predicted molar refractivity (Wildman–Crippen MR) is 127 cm³/mol.